The number of likely N-dealkylation sites (tertiary alicyclic amines) is 1. The maximum atomic E-state index is 12.5. The van der Waals surface area contributed by atoms with Gasteiger partial charge in [-0.2, -0.15) is 0 Å². The molecule has 9 nitrogen and oxygen atoms in total. The molecule has 0 saturated carbocycles. The fraction of sp³-hybridized carbons (Fsp3) is 0.682. The molecule has 0 aromatic heterocycles. The van der Waals surface area contributed by atoms with E-state index in [1.165, 1.54) is 12.1 Å². The van der Waals surface area contributed by atoms with Crippen molar-refractivity contribution in [2.75, 3.05) is 46.1 Å². The number of sulfonamides is 1. The summed E-state index contributed by atoms with van der Waals surface area (Å²) in [5.74, 6) is 1.56. The van der Waals surface area contributed by atoms with Gasteiger partial charge in [-0.25, -0.2) is 13.1 Å². The second kappa shape index (κ2) is 10.8. The number of carbonyl (C=O) groups excluding carboxylic acids is 1. The van der Waals surface area contributed by atoms with E-state index in [1.807, 2.05) is 4.90 Å². The maximum Gasteiger partial charge on any atom is 0.240 e. The molecule has 0 unspecified atom stereocenters. The first-order valence-corrected chi connectivity index (χ1v) is 12.9. The van der Waals surface area contributed by atoms with Gasteiger partial charge in [0.15, 0.2) is 17.8 Å². The molecule has 0 aliphatic carbocycles. The number of benzene rings is 1. The van der Waals surface area contributed by atoms with Crippen molar-refractivity contribution in [2.24, 2.45) is 5.92 Å². The molecule has 0 atom stereocenters. The molecule has 3 aliphatic heterocycles. The smallest absolute Gasteiger partial charge is 0.240 e. The van der Waals surface area contributed by atoms with Crippen molar-refractivity contribution in [3.8, 4) is 11.5 Å². The Morgan fingerprint density at radius 1 is 0.969 bits per heavy atom. The van der Waals surface area contributed by atoms with Crippen LogP contribution in [0.4, 0.5) is 0 Å². The molecule has 1 aromatic rings. The number of rotatable bonds is 9. The van der Waals surface area contributed by atoms with Gasteiger partial charge in [-0.05, 0) is 37.8 Å². The van der Waals surface area contributed by atoms with Crippen LogP contribution in [-0.2, 0) is 24.3 Å². The van der Waals surface area contributed by atoms with Gasteiger partial charge in [0, 0.05) is 38.0 Å². The van der Waals surface area contributed by atoms with E-state index in [2.05, 4.69) is 4.72 Å². The SMILES string of the molecule is O=C(CCCCCNS(=O)(=O)c1ccc2c(c1)OCCO2)N1CCC(C2OCCO2)CC1. The highest BCUT2D eigenvalue weighted by atomic mass is 32.2. The first-order chi connectivity index (χ1) is 15.5. The molecule has 178 valence electrons. The van der Waals surface area contributed by atoms with Gasteiger partial charge in [0.25, 0.3) is 0 Å². The summed E-state index contributed by atoms with van der Waals surface area (Å²) in [5, 5.41) is 0. The summed E-state index contributed by atoms with van der Waals surface area (Å²) in [6.07, 6.45) is 4.44. The normalized spacial score (nSPS) is 19.9. The summed E-state index contributed by atoms with van der Waals surface area (Å²) in [5.41, 5.74) is 0. The molecule has 3 heterocycles. The van der Waals surface area contributed by atoms with Gasteiger partial charge in [0.05, 0.1) is 18.1 Å². The van der Waals surface area contributed by atoms with Gasteiger partial charge in [0.2, 0.25) is 15.9 Å². The molecule has 1 amide bonds. The van der Waals surface area contributed by atoms with Crippen LogP contribution in [0, 0.1) is 5.92 Å². The van der Waals surface area contributed by atoms with Gasteiger partial charge in [-0.15, -0.1) is 0 Å². The monoisotopic (exact) mass is 468 g/mol. The quantitative estimate of drug-likeness (QED) is 0.552. The zero-order chi connectivity index (χ0) is 22.4. The number of unbranched alkanes of at least 4 members (excludes halogenated alkanes) is 2. The number of carbonyl (C=O) groups is 1. The Kier molecular flexibility index (Phi) is 7.88. The van der Waals surface area contributed by atoms with Crippen LogP contribution >= 0.6 is 0 Å². The number of nitrogens with one attached hydrogen (secondary N) is 1. The van der Waals surface area contributed by atoms with E-state index in [4.69, 9.17) is 18.9 Å². The Balaban J connectivity index is 1.11. The van der Waals surface area contributed by atoms with Gasteiger partial charge in [-0.3, -0.25) is 4.79 Å². The van der Waals surface area contributed by atoms with Gasteiger partial charge < -0.3 is 23.8 Å². The molecule has 0 spiro atoms. The predicted octanol–water partition coefficient (Wildman–Crippen LogP) is 1.91. The summed E-state index contributed by atoms with van der Waals surface area (Å²) in [4.78, 5) is 14.5. The van der Waals surface area contributed by atoms with Crippen molar-refractivity contribution < 1.29 is 32.2 Å². The Labute approximate surface area is 189 Å². The fourth-order valence-corrected chi connectivity index (χ4v) is 5.38. The van der Waals surface area contributed by atoms with Crippen LogP contribution in [0.1, 0.15) is 38.5 Å². The second-order valence-corrected chi connectivity index (χ2v) is 10.1. The zero-order valence-electron chi connectivity index (χ0n) is 18.3. The largest absolute Gasteiger partial charge is 0.486 e. The molecule has 2 fully saturated rings. The van der Waals surface area contributed by atoms with Gasteiger partial charge >= 0.3 is 0 Å². The first-order valence-electron chi connectivity index (χ1n) is 11.4. The summed E-state index contributed by atoms with van der Waals surface area (Å²) in [6.45, 7) is 4.03. The lowest BCUT2D eigenvalue weighted by atomic mass is 9.96. The minimum Gasteiger partial charge on any atom is -0.486 e. The van der Waals surface area contributed by atoms with E-state index < -0.39 is 10.0 Å². The molecular weight excluding hydrogens is 436 g/mol. The number of amides is 1. The molecule has 1 N–H and O–H groups in total. The van der Waals surface area contributed by atoms with E-state index >= 15 is 0 Å². The Bertz CT molecular complexity index is 878. The van der Waals surface area contributed by atoms with Crippen molar-refractivity contribution in [3.63, 3.8) is 0 Å². The van der Waals surface area contributed by atoms with Crippen molar-refractivity contribution in [2.45, 2.75) is 49.7 Å². The second-order valence-electron chi connectivity index (χ2n) is 8.34. The van der Waals surface area contributed by atoms with Crippen molar-refractivity contribution in [1.29, 1.82) is 0 Å². The molecule has 0 bridgehead atoms. The van der Waals surface area contributed by atoms with Crippen LogP contribution in [0.25, 0.3) is 0 Å². The minimum absolute atomic E-state index is 0.0989. The third-order valence-corrected chi connectivity index (χ3v) is 7.57. The van der Waals surface area contributed by atoms with Crippen molar-refractivity contribution in [3.05, 3.63) is 18.2 Å². The summed E-state index contributed by atoms with van der Waals surface area (Å²) in [6, 6.07) is 4.62. The number of ether oxygens (including phenoxy) is 4. The van der Waals surface area contributed by atoms with E-state index in [9.17, 15) is 13.2 Å². The average molecular weight is 469 g/mol. The number of fused-ring (bicyclic) bond motifs is 1. The maximum absolute atomic E-state index is 12.5. The Morgan fingerprint density at radius 2 is 1.69 bits per heavy atom. The van der Waals surface area contributed by atoms with Crippen LogP contribution in [0.5, 0.6) is 11.5 Å². The van der Waals surface area contributed by atoms with Crippen LogP contribution in [0.2, 0.25) is 0 Å². The highest BCUT2D eigenvalue weighted by Gasteiger charge is 2.31. The molecule has 1 aromatic carbocycles. The Hall–Kier alpha value is -1.88. The number of hydrogen-bond donors (Lipinski definition) is 1. The highest BCUT2D eigenvalue weighted by Crippen LogP contribution is 2.32. The zero-order valence-corrected chi connectivity index (χ0v) is 19.1. The van der Waals surface area contributed by atoms with Crippen molar-refractivity contribution in [1.82, 2.24) is 9.62 Å². The highest BCUT2D eigenvalue weighted by molar-refractivity contribution is 7.89. The lowest BCUT2D eigenvalue weighted by Gasteiger charge is -2.34. The van der Waals surface area contributed by atoms with Gasteiger partial charge in [-0.1, -0.05) is 6.42 Å². The van der Waals surface area contributed by atoms with E-state index in [0.717, 1.165) is 38.8 Å². The number of nitrogens with zero attached hydrogens (tertiary/aromatic N) is 1. The minimum atomic E-state index is -3.61. The van der Waals surface area contributed by atoms with Crippen LogP contribution in [0.15, 0.2) is 23.1 Å². The first kappa shape index (κ1) is 23.3. The lowest BCUT2D eigenvalue weighted by molar-refractivity contribution is -0.137. The van der Waals surface area contributed by atoms with Crippen LogP contribution in [-0.4, -0.2) is 71.6 Å². The molecule has 4 rings (SSSR count). The molecule has 2 saturated heterocycles. The number of hydrogen-bond acceptors (Lipinski definition) is 7. The Morgan fingerprint density at radius 3 is 2.44 bits per heavy atom. The lowest BCUT2D eigenvalue weighted by Crippen LogP contribution is -2.41. The summed E-state index contributed by atoms with van der Waals surface area (Å²) in [7, 11) is -3.61. The van der Waals surface area contributed by atoms with Gasteiger partial charge in [0.1, 0.15) is 13.2 Å². The van der Waals surface area contributed by atoms with E-state index in [-0.39, 0.29) is 17.1 Å². The van der Waals surface area contributed by atoms with Crippen LogP contribution in [0.3, 0.4) is 0 Å². The standard InChI is InChI=1S/C22H32N2O7S/c25-21(24-10-7-17(8-11-24)22-30-14-15-31-22)4-2-1-3-9-23-32(26,27)18-5-6-19-20(16-18)29-13-12-28-19/h5-6,16-17,22-23H,1-4,7-15H2. The van der Waals surface area contributed by atoms with E-state index in [0.29, 0.717) is 63.2 Å². The summed E-state index contributed by atoms with van der Waals surface area (Å²) >= 11 is 0. The van der Waals surface area contributed by atoms with E-state index in [1.54, 1.807) is 6.07 Å². The molecule has 3 aliphatic rings. The van der Waals surface area contributed by atoms with Crippen LogP contribution < -0.4 is 14.2 Å². The summed E-state index contributed by atoms with van der Waals surface area (Å²) < 4.78 is 49.7. The predicted molar refractivity (Wildman–Crippen MR) is 116 cm³/mol. The molecule has 32 heavy (non-hydrogen) atoms. The molecule has 0 radical (unpaired) electrons. The fourth-order valence-electron chi connectivity index (χ4n) is 4.29. The molecular formula is C22H32N2O7S. The number of piperidine rings is 1. The molecule has 10 heteroatoms. The third kappa shape index (κ3) is 5.92. The topological polar surface area (TPSA) is 103 Å². The van der Waals surface area contributed by atoms with Crippen molar-refractivity contribution >= 4 is 15.9 Å². The third-order valence-electron chi connectivity index (χ3n) is 6.11. The average Bonchev–Trinajstić information content (AvgIpc) is 3.36.